The van der Waals surface area contributed by atoms with Crippen LogP contribution in [0, 0.1) is 10.1 Å². The maximum absolute atomic E-state index is 11.9. The molecule has 0 aliphatic rings. The van der Waals surface area contributed by atoms with Crippen LogP contribution < -0.4 is 0 Å². The molecule has 0 unspecified atom stereocenters. The average Bonchev–Trinajstić information content (AvgIpc) is 2.79. The van der Waals surface area contributed by atoms with Crippen molar-refractivity contribution in [1.29, 1.82) is 0 Å². The summed E-state index contributed by atoms with van der Waals surface area (Å²) in [5.74, 6) is -0.499. The molecule has 0 aliphatic heterocycles. The molecule has 0 radical (unpaired) electrons. The summed E-state index contributed by atoms with van der Waals surface area (Å²) in [6.45, 7) is 2.74. The number of hydrogen-bond acceptors (Lipinski definition) is 4. The second kappa shape index (κ2) is 6.00. The van der Waals surface area contributed by atoms with Gasteiger partial charge in [0.25, 0.3) is 5.91 Å². The van der Waals surface area contributed by atoms with Crippen LogP contribution in [0.5, 0.6) is 0 Å². The number of hydrogen-bond donors (Lipinski definition) is 2. The number of amides is 1. The molecule has 0 fully saturated rings. The molecule has 0 aromatic carbocycles. The molecule has 1 amide bonds. The number of aliphatic hydroxyl groups is 1. The van der Waals surface area contributed by atoms with Gasteiger partial charge >= 0.3 is 5.82 Å². The van der Waals surface area contributed by atoms with Gasteiger partial charge < -0.3 is 20.1 Å². The minimum atomic E-state index is -0.583. The summed E-state index contributed by atoms with van der Waals surface area (Å²) in [4.78, 5) is 25.8. The van der Waals surface area contributed by atoms with Crippen LogP contribution in [0.3, 0.4) is 0 Å². The lowest BCUT2D eigenvalue weighted by atomic mass is 10.3. The van der Waals surface area contributed by atoms with Crippen molar-refractivity contribution < 1.29 is 14.8 Å². The first kappa shape index (κ1) is 13.2. The van der Waals surface area contributed by atoms with E-state index in [1.165, 1.54) is 17.0 Å². The van der Waals surface area contributed by atoms with Crippen LogP contribution >= 0.6 is 0 Å². The quantitative estimate of drug-likeness (QED) is 0.567. The third-order valence-corrected chi connectivity index (χ3v) is 2.35. The SMILES string of the molecule is CCN(CCCO)C(=O)c1ccc([N+](=O)[O-])[nH]1. The molecule has 0 aliphatic carbocycles. The average molecular weight is 241 g/mol. The summed E-state index contributed by atoms with van der Waals surface area (Å²) < 4.78 is 0. The minimum absolute atomic E-state index is 0.00859. The monoisotopic (exact) mass is 241 g/mol. The highest BCUT2D eigenvalue weighted by molar-refractivity contribution is 5.92. The number of aromatic amines is 1. The number of H-pyrrole nitrogens is 1. The van der Waals surface area contributed by atoms with Gasteiger partial charge in [-0.15, -0.1) is 0 Å². The van der Waals surface area contributed by atoms with Crippen molar-refractivity contribution in [2.45, 2.75) is 13.3 Å². The molecular formula is C10H15N3O4. The topological polar surface area (TPSA) is 99.5 Å². The van der Waals surface area contributed by atoms with Gasteiger partial charge in [0.2, 0.25) is 0 Å². The fourth-order valence-corrected chi connectivity index (χ4v) is 1.45. The number of nitrogens with zero attached hydrogens (tertiary/aromatic N) is 2. The molecule has 0 saturated carbocycles. The molecule has 94 valence electrons. The number of nitro groups is 1. The van der Waals surface area contributed by atoms with Gasteiger partial charge in [-0.1, -0.05) is 0 Å². The third-order valence-electron chi connectivity index (χ3n) is 2.35. The van der Waals surface area contributed by atoms with Gasteiger partial charge in [-0.25, -0.2) is 4.98 Å². The molecule has 1 aromatic rings. The lowest BCUT2D eigenvalue weighted by molar-refractivity contribution is -0.389. The summed E-state index contributed by atoms with van der Waals surface area (Å²) in [5, 5.41) is 19.2. The second-order valence-corrected chi connectivity index (χ2v) is 3.48. The Hall–Kier alpha value is -1.89. The lowest BCUT2D eigenvalue weighted by Crippen LogP contribution is -2.32. The number of carbonyl (C=O) groups excluding carboxylic acids is 1. The summed E-state index contributed by atoms with van der Waals surface area (Å²) in [6, 6.07) is 2.65. The van der Waals surface area contributed by atoms with Crippen molar-refractivity contribution in [2.24, 2.45) is 0 Å². The zero-order chi connectivity index (χ0) is 12.8. The van der Waals surface area contributed by atoms with E-state index < -0.39 is 4.92 Å². The Morgan fingerprint density at radius 2 is 2.29 bits per heavy atom. The largest absolute Gasteiger partial charge is 0.396 e. The van der Waals surface area contributed by atoms with E-state index in [2.05, 4.69) is 4.98 Å². The predicted octanol–water partition coefficient (Wildman–Crippen LogP) is 0.767. The van der Waals surface area contributed by atoms with Crippen LogP contribution in [0.15, 0.2) is 12.1 Å². The normalized spacial score (nSPS) is 10.2. The highest BCUT2D eigenvalue weighted by Gasteiger charge is 2.20. The highest BCUT2D eigenvalue weighted by atomic mass is 16.6. The predicted molar refractivity (Wildman–Crippen MR) is 60.7 cm³/mol. The van der Waals surface area contributed by atoms with Crippen LogP contribution in [-0.2, 0) is 0 Å². The zero-order valence-corrected chi connectivity index (χ0v) is 9.55. The summed E-state index contributed by atoms with van der Waals surface area (Å²) in [7, 11) is 0. The number of carbonyl (C=O) groups is 1. The summed E-state index contributed by atoms with van der Waals surface area (Å²) in [6.07, 6.45) is 0.488. The smallest absolute Gasteiger partial charge is 0.321 e. The molecule has 1 aromatic heterocycles. The van der Waals surface area contributed by atoms with Crippen molar-refractivity contribution in [3.05, 3.63) is 27.9 Å². The first-order chi connectivity index (χ1) is 8.10. The highest BCUT2D eigenvalue weighted by Crippen LogP contribution is 2.12. The van der Waals surface area contributed by atoms with E-state index in [4.69, 9.17) is 5.11 Å². The molecule has 0 bridgehead atoms. The minimum Gasteiger partial charge on any atom is -0.396 e. The zero-order valence-electron chi connectivity index (χ0n) is 9.55. The fourth-order valence-electron chi connectivity index (χ4n) is 1.45. The Kier molecular flexibility index (Phi) is 4.65. The molecule has 0 saturated heterocycles. The van der Waals surface area contributed by atoms with E-state index in [1.807, 2.05) is 6.92 Å². The molecule has 17 heavy (non-hydrogen) atoms. The van der Waals surface area contributed by atoms with E-state index in [0.29, 0.717) is 19.5 Å². The number of rotatable bonds is 6. The molecule has 7 heteroatoms. The fraction of sp³-hybridized carbons (Fsp3) is 0.500. The Balaban J connectivity index is 2.75. The number of nitrogens with one attached hydrogen (secondary N) is 1. The first-order valence-electron chi connectivity index (χ1n) is 5.33. The van der Waals surface area contributed by atoms with Crippen LogP contribution in [0.1, 0.15) is 23.8 Å². The van der Waals surface area contributed by atoms with Gasteiger partial charge in [0.1, 0.15) is 0 Å². The van der Waals surface area contributed by atoms with Gasteiger partial charge in [-0.2, -0.15) is 0 Å². The maximum Gasteiger partial charge on any atom is 0.321 e. The number of aromatic nitrogens is 1. The Morgan fingerprint density at radius 1 is 1.59 bits per heavy atom. The van der Waals surface area contributed by atoms with Crippen LogP contribution in [0.2, 0.25) is 0 Å². The second-order valence-electron chi connectivity index (χ2n) is 3.48. The van der Waals surface area contributed by atoms with Gasteiger partial charge in [0.05, 0.1) is 0 Å². The van der Waals surface area contributed by atoms with Crippen molar-refractivity contribution in [3.63, 3.8) is 0 Å². The molecular weight excluding hydrogens is 226 g/mol. The van der Waals surface area contributed by atoms with Crippen molar-refractivity contribution in [3.8, 4) is 0 Å². The molecule has 7 nitrogen and oxygen atoms in total. The lowest BCUT2D eigenvalue weighted by Gasteiger charge is -2.18. The van der Waals surface area contributed by atoms with Gasteiger partial charge in [0.15, 0.2) is 5.69 Å². The van der Waals surface area contributed by atoms with E-state index >= 15 is 0 Å². The third kappa shape index (κ3) is 3.28. The molecule has 0 spiro atoms. The van der Waals surface area contributed by atoms with E-state index in [-0.39, 0.29) is 24.0 Å². The summed E-state index contributed by atoms with van der Waals surface area (Å²) in [5.41, 5.74) is 0.191. The van der Waals surface area contributed by atoms with E-state index in [1.54, 1.807) is 0 Å². The van der Waals surface area contributed by atoms with Gasteiger partial charge in [-0.05, 0) is 24.3 Å². The first-order valence-corrected chi connectivity index (χ1v) is 5.33. The Bertz CT molecular complexity index is 402. The van der Waals surface area contributed by atoms with Gasteiger partial charge in [0, 0.05) is 25.8 Å². The van der Waals surface area contributed by atoms with Gasteiger partial charge in [-0.3, -0.25) is 4.79 Å². The van der Waals surface area contributed by atoms with Crippen LogP contribution in [0.25, 0.3) is 0 Å². The van der Waals surface area contributed by atoms with Crippen LogP contribution in [0.4, 0.5) is 5.82 Å². The summed E-state index contributed by atoms with van der Waals surface area (Å²) >= 11 is 0. The van der Waals surface area contributed by atoms with Crippen LogP contribution in [-0.4, -0.2) is 45.5 Å². The van der Waals surface area contributed by atoms with Crippen molar-refractivity contribution in [2.75, 3.05) is 19.7 Å². The Labute approximate surface area is 98.2 Å². The van der Waals surface area contributed by atoms with E-state index in [9.17, 15) is 14.9 Å². The Morgan fingerprint density at radius 3 is 2.76 bits per heavy atom. The van der Waals surface area contributed by atoms with Crippen molar-refractivity contribution >= 4 is 11.7 Å². The number of aliphatic hydroxyl groups excluding tert-OH is 1. The molecule has 2 N–H and O–H groups in total. The molecule has 1 heterocycles. The molecule has 1 rings (SSSR count). The van der Waals surface area contributed by atoms with E-state index in [0.717, 1.165) is 0 Å². The molecule has 0 atom stereocenters. The maximum atomic E-state index is 11.9. The van der Waals surface area contributed by atoms with Crippen molar-refractivity contribution in [1.82, 2.24) is 9.88 Å². The standard InChI is InChI=1S/C10H15N3O4/c1-2-12(6-3-7-14)10(15)8-4-5-9(11-8)13(16)17/h4-5,11,14H,2-3,6-7H2,1H3.